The van der Waals surface area contributed by atoms with Crippen LogP contribution in [0.3, 0.4) is 0 Å². The summed E-state index contributed by atoms with van der Waals surface area (Å²) >= 11 is 0. The van der Waals surface area contributed by atoms with Crippen LogP contribution in [-0.4, -0.2) is 23.3 Å². The van der Waals surface area contributed by atoms with Gasteiger partial charge in [-0.3, -0.25) is 0 Å². The largest absolute Gasteiger partial charge is 1.00 e. The van der Waals surface area contributed by atoms with Gasteiger partial charge in [-0.2, -0.15) is 0 Å². The van der Waals surface area contributed by atoms with Crippen molar-refractivity contribution in [3.05, 3.63) is 0 Å². The molecule has 5 heteroatoms. The maximum atomic E-state index is 7.94. The zero-order chi connectivity index (χ0) is 12.0. The Morgan fingerprint density at radius 1 is 1.00 bits per heavy atom. The first-order valence-corrected chi connectivity index (χ1v) is 5.81. The molecule has 0 bridgehead atoms. The SMILES string of the molecule is N=[C-]C(=N)CC(=N)C(=N)C1CCCCCC1.[Li+]. The maximum Gasteiger partial charge on any atom is 1.00 e. The zero-order valence-electron chi connectivity index (χ0n) is 10.5. The summed E-state index contributed by atoms with van der Waals surface area (Å²) in [5.41, 5.74) is 0.557. The molecule has 0 saturated heterocycles. The number of rotatable bonds is 5. The molecule has 0 unspecified atom stereocenters. The average Bonchev–Trinajstić information content (AvgIpc) is 2.56. The molecule has 0 aromatic carbocycles. The predicted octanol–water partition coefficient (Wildman–Crippen LogP) is -0.0632. The monoisotopic (exact) mass is 226 g/mol. The van der Waals surface area contributed by atoms with Crippen LogP contribution in [0.15, 0.2) is 0 Å². The van der Waals surface area contributed by atoms with Crippen molar-refractivity contribution in [2.24, 2.45) is 5.92 Å². The molecule has 0 heterocycles. The molecule has 17 heavy (non-hydrogen) atoms. The van der Waals surface area contributed by atoms with Crippen molar-refractivity contribution in [3.63, 3.8) is 0 Å². The molecular formula is C12H19LiN4. The third-order valence-corrected chi connectivity index (χ3v) is 3.09. The van der Waals surface area contributed by atoms with Crippen molar-refractivity contribution in [1.82, 2.24) is 0 Å². The van der Waals surface area contributed by atoms with Crippen LogP contribution in [0.1, 0.15) is 44.9 Å². The van der Waals surface area contributed by atoms with Crippen LogP contribution in [0.25, 0.3) is 0 Å². The molecule has 0 aromatic rings. The summed E-state index contributed by atoms with van der Waals surface area (Å²) in [5.74, 6) is 0.202. The van der Waals surface area contributed by atoms with Crippen LogP contribution < -0.4 is 18.9 Å². The van der Waals surface area contributed by atoms with E-state index in [0.717, 1.165) is 25.7 Å². The van der Waals surface area contributed by atoms with Gasteiger partial charge in [-0.15, -0.1) is 5.71 Å². The van der Waals surface area contributed by atoms with Crippen molar-refractivity contribution < 1.29 is 18.9 Å². The molecule has 1 aliphatic rings. The van der Waals surface area contributed by atoms with Gasteiger partial charge in [0.15, 0.2) is 0 Å². The van der Waals surface area contributed by atoms with Crippen LogP contribution in [0, 0.1) is 27.6 Å². The van der Waals surface area contributed by atoms with Gasteiger partial charge in [0.05, 0.1) is 11.4 Å². The molecule has 0 amide bonds. The van der Waals surface area contributed by atoms with Gasteiger partial charge in [-0.1, -0.05) is 25.7 Å². The first kappa shape index (κ1) is 16.3. The van der Waals surface area contributed by atoms with Crippen LogP contribution in [0.2, 0.25) is 0 Å². The molecule has 1 fully saturated rings. The van der Waals surface area contributed by atoms with E-state index in [1.54, 1.807) is 0 Å². The summed E-state index contributed by atoms with van der Waals surface area (Å²) in [7, 11) is 0. The van der Waals surface area contributed by atoms with Gasteiger partial charge < -0.3 is 27.9 Å². The Hall–Kier alpha value is -0.723. The Morgan fingerprint density at radius 2 is 1.53 bits per heavy atom. The molecule has 4 N–H and O–H groups in total. The van der Waals surface area contributed by atoms with Crippen molar-refractivity contribution in [1.29, 1.82) is 21.6 Å². The standard InChI is InChI=1S/C12H19N4.Li/c13-8-10(14)7-11(15)12(16)9-5-3-1-2-4-6-9;/h9,13-16H,1-7H2;/q-1;+1. The van der Waals surface area contributed by atoms with Crippen molar-refractivity contribution >= 4 is 23.3 Å². The van der Waals surface area contributed by atoms with E-state index in [0.29, 0.717) is 5.71 Å². The molecule has 0 radical (unpaired) electrons. The summed E-state index contributed by atoms with van der Waals surface area (Å²) in [6.07, 6.45) is 8.82. The molecule has 0 aromatic heterocycles. The Bertz CT molecular complexity index is 304. The molecule has 1 saturated carbocycles. The zero-order valence-corrected chi connectivity index (χ0v) is 10.5. The topological polar surface area (TPSA) is 95.4 Å². The first-order chi connectivity index (χ1) is 7.65. The Morgan fingerprint density at radius 3 is 2.00 bits per heavy atom. The van der Waals surface area contributed by atoms with Gasteiger partial charge >= 0.3 is 18.9 Å². The van der Waals surface area contributed by atoms with Gasteiger partial charge in [0.2, 0.25) is 0 Å². The number of hydrogen-bond donors (Lipinski definition) is 4. The molecule has 1 rings (SSSR count). The van der Waals surface area contributed by atoms with E-state index in [4.69, 9.17) is 21.6 Å². The summed E-state index contributed by atoms with van der Waals surface area (Å²) in [5, 5.41) is 29.8. The fourth-order valence-corrected chi connectivity index (χ4v) is 2.13. The van der Waals surface area contributed by atoms with E-state index >= 15 is 0 Å². The normalized spacial score (nSPS) is 16.5. The van der Waals surface area contributed by atoms with Crippen molar-refractivity contribution in [2.75, 3.05) is 0 Å². The van der Waals surface area contributed by atoms with Gasteiger partial charge in [0, 0.05) is 12.3 Å². The molecule has 88 valence electrons. The summed E-state index contributed by atoms with van der Waals surface area (Å²) < 4.78 is 0. The van der Waals surface area contributed by atoms with Gasteiger partial charge in [-0.05, 0) is 12.8 Å². The third-order valence-electron chi connectivity index (χ3n) is 3.09. The van der Waals surface area contributed by atoms with Crippen LogP contribution in [0.4, 0.5) is 0 Å². The average molecular weight is 226 g/mol. The fourth-order valence-electron chi connectivity index (χ4n) is 2.13. The molecule has 0 atom stereocenters. The smallest absolute Gasteiger partial charge is 0.513 e. The van der Waals surface area contributed by atoms with Gasteiger partial charge in [-0.25, -0.2) is 0 Å². The minimum Gasteiger partial charge on any atom is -0.513 e. The molecular weight excluding hydrogens is 207 g/mol. The fraction of sp³-hybridized carbons (Fsp3) is 0.667. The molecule has 1 aliphatic carbocycles. The van der Waals surface area contributed by atoms with E-state index in [1.807, 2.05) is 6.21 Å². The second-order valence-corrected chi connectivity index (χ2v) is 4.36. The summed E-state index contributed by atoms with van der Waals surface area (Å²) in [6.45, 7) is 0. The van der Waals surface area contributed by atoms with Crippen molar-refractivity contribution in [3.8, 4) is 0 Å². The minimum atomic E-state index is -0.0108. The third kappa shape index (κ3) is 5.43. The summed E-state index contributed by atoms with van der Waals surface area (Å²) in [4.78, 5) is 0. The van der Waals surface area contributed by atoms with Crippen LogP contribution >= 0.6 is 0 Å². The Kier molecular flexibility index (Phi) is 8.02. The number of nitrogens with one attached hydrogen (secondary N) is 4. The van der Waals surface area contributed by atoms with Gasteiger partial charge in [0.1, 0.15) is 0 Å². The maximum absolute atomic E-state index is 7.94. The second kappa shape index (κ2) is 8.38. The van der Waals surface area contributed by atoms with Crippen LogP contribution in [-0.2, 0) is 0 Å². The minimum absolute atomic E-state index is 0. The van der Waals surface area contributed by atoms with Crippen LogP contribution in [0.5, 0.6) is 0 Å². The molecule has 0 spiro atoms. The second-order valence-electron chi connectivity index (χ2n) is 4.36. The van der Waals surface area contributed by atoms with E-state index in [2.05, 4.69) is 0 Å². The predicted molar refractivity (Wildman–Crippen MR) is 66.7 cm³/mol. The van der Waals surface area contributed by atoms with E-state index in [1.165, 1.54) is 12.8 Å². The van der Waals surface area contributed by atoms with E-state index in [-0.39, 0.29) is 42.6 Å². The quantitative estimate of drug-likeness (QED) is 0.219. The summed E-state index contributed by atoms with van der Waals surface area (Å²) in [6, 6.07) is 0. The Labute approximate surface area is 115 Å². The molecule has 0 aliphatic heterocycles. The number of hydrogen-bond acceptors (Lipinski definition) is 4. The van der Waals surface area contributed by atoms with Crippen molar-refractivity contribution in [2.45, 2.75) is 44.9 Å². The first-order valence-electron chi connectivity index (χ1n) is 5.81. The Balaban J connectivity index is 0.00000256. The molecule has 4 nitrogen and oxygen atoms in total. The van der Waals surface area contributed by atoms with Gasteiger partial charge in [0.25, 0.3) is 0 Å². The van der Waals surface area contributed by atoms with E-state index < -0.39 is 0 Å². The van der Waals surface area contributed by atoms with E-state index in [9.17, 15) is 0 Å².